The van der Waals surface area contributed by atoms with E-state index in [1.807, 2.05) is 24.3 Å². The lowest BCUT2D eigenvalue weighted by molar-refractivity contribution is -0.0686. The van der Waals surface area contributed by atoms with Gasteiger partial charge in [0.1, 0.15) is 11.5 Å². The lowest BCUT2D eigenvalue weighted by Gasteiger charge is -2.29. The van der Waals surface area contributed by atoms with Gasteiger partial charge >= 0.3 is 5.97 Å². The molecule has 4 nitrogen and oxygen atoms in total. The van der Waals surface area contributed by atoms with E-state index in [-0.39, 0.29) is 0 Å². The molecule has 1 unspecified atom stereocenters. The Labute approximate surface area is 153 Å². The van der Waals surface area contributed by atoms with E-state index in [1.165, 1.54) is 0 Å². The van der Waals surface area contributed by atoms with Crippen molar-refractivity contribution in [3.05, 3.63) is 56.5 Å². The molecule has 1 N–H and O–H groups in total. The number of carbonyl (C=O) groups excluding carboxylic acids is 1. The van der Waals surface area contributed by atoms with Crippen LogP contribution in [0, 0.1) is 0 Å². The number of fused-ring (bicyclic) bond motifs is 2. The Balaban J connectivity index is 2.06. The minimum absolute atomic E-state index is 0.414. The number of hydrogen-bond donors (Lipinski definition) is 1. The Bertz CT molecular complexity index is 1070. The number of esters is 1. The van der Waals surface area contributed by atoms with Gasteiger partial charge in [0.05, 0.1) is 10.0 Å². The molecule has 24 heavy (non-hydrogen) atoms. The van der Waals surface area contributed by atoms with Crippen LogP contribution in [0.5, 0.6) is 11.5 Å². The molecule has 0 aliphatic carbocycles. The monoisotopic (exact) mass is 446 g/mol. The van der Waals surface area contributed by atoms with E-state index in [2.05, 4.69) is 31.9 Å². The summed E-state index contributed by atoms with van der Waals surface area (Å²) in [7, 11) is 0. The number of hydrogen-bond acceptors (Lipinski definition) is 4. The number of halogens is 2. The number of aliphatic hydroxyl groups excluding tert-OH is 1. The van der Waals surface area contributed by atoms with Gasteiger partial charge in [0.2, 0.25) is 6.29 Å². The summed E-state index contributed by atoms with van der Waals surface area (Å²) in [6.45, 7) is 0. The molecular weight excluding hydrogens is 440 g/mol. The van der Waals surface area contributed by atoms with Gasteiger partial charge in [0.15, 0.2) is 0 Å². The molecule has 1 atom stereocenters. The van der Waals surface area contributed by atoms with E-state index >= 15 is 0 Å². The van der Waals surface area contributed by atoms with Gasteiger partial charge in [-0.3, -0.25) is 0 Å². The zero-order valence-corrected chi connectivity index (χ0v) is 15.1. The Kier molecular flexibility index (Phi) is 2.90. The summed E-state index contributed by atoms with van der Waals surface area (Å²) >= 11 is 7.09. The quantitative estimate of drug-likeness (QED) is 0.371. The first-order chi connectivity index (χ1) is 11.6. The van der Waals surface area contributed by atoms with Crippen molar-refractivity contribution >= 4 is 48.6 Å². The summed E-state index contributed by atoms with van der Waals surface area (Å²) in [5.74, 6) is 0.828. The van der Waals surface area contributed by atoms with Crippen molar-refractivity contribution in [2.24, 2.45) is 0 Å². The van der Waals surface area contributed by atoms with Crippen LogP contribution in [-0.4, -0.2) is 11.1 Å². The van der Waals surface area contributed by atoms with E-state index in [9.17, 15) is 9.90 Å². The second-order valence-electron chi connectivity index (χ2n) is 5.66. The summed E-state index contributed by atoms with van der Waals surface area (Å²) in [5, 5.41) is 11.6. The smallest absolute Gasteiger partial charge is 0.341 e. The molecule has 2 aliphatic rings. The normalized spacial score (nSPS) is 17.3. The van der Waals surface area contributed by atoms with Crippen molar-refractivity contribution in [3.63, 3.8) is 0 Å². The first kappa shape index (κ1) is 14.5. The Hall–Kier alpha value is -1.89. The van der Waals surface area contributed by atoms with Crippen LogP contribution in [0.2, 0.25) is 0 Å². The van der Waals surface area contributed by atoms with E-state index in [0.29, 0.717) is 26.7 Å². The van der Waals surface area contributed by atoms with Gasteiger partial charge in [-0.1, -0.05) is 34.1 Å². The van der Waals surface area contributed by atoms with Crippen LogP contribution in [0.1, 0.15) is 22.2 Å². The highest BCUT2D eigenvalue weighted by Crippen LogP contribution is 2.54. The molecule has 3 aromatic rings. The van der Waals surface area contributed by atoms with E-state index in [0.717, 1.165) is 26.7 Å². The maximum absolute atomic E-state index is 12.2. The van der Waals surface area contributed by atoms with Gasteiger partial charge < -0.3 is 14.6 Å². The number of benzene rings is 3. The SMILES string of the molecule is O=C1OC(O)c2cc(Br)c3c4c(c(Br)cc1c24)-c1ccccc1O3. The Morgan fingerprint density at radius 2 is 1.79 bits per heavy atom. The number of carbonyl (C=O) groups is 1. The molecule has 0 saturated carbocycles. The predicted molar refractivity (Wildman–Crippen MR) is 95.2 cm³/mol. The van der Waals surface area contributed by atoms with Crippen molar-refractivity contribution in [3.8, 4) is 22.6 Å². The van der Waals surface area contributed by atoms with Gasteiger partial charge in [0.25, 0.3) is 0 Å². The summed E-state index contributed by atoms with van der Waals surface area (Å²) < 4.78 is 12.6. The maximum atomic E-state index is 12.2. The van der Waals surface area contributed by atoms with Crippen LogP contribution in [0.25, 0.3) is 21.9 Å². The van der Waals surface area contributed by atoms with E-state index < -0.39 is 12.3 Å². The van der Waals surface area contributed by atoms with Gasteiger partial charge in [0, 0.05) is 31.9 Å². The molecule has 6 heteroatoms. The van der Waals surface area contributed by atoms with Crippen molar-refractivity contribution < 1.29 is 19.4 Å². The molecule has 2 heterocycles. The molecule has 0 bridgehead atoms. The third-order valence-corrected chi connectivity index (χ3v) is 5.58. The van der Waals surface area contributed by atoms with Crippen LogP contribution in [0.4, 0.5) is 0 Å². The molecule has 5 rings (SSSR count). The minimum Gasteiger partial charge on any atom is -0.455 e. The first-order valence-electron chi connectivity index (χ1n) is 7.21. The molecule has 2 aliphatic heterocycles. The number of rotatable bonds is 0. The largest absolute Gasteiger partial charge is 0.455 e. The summed E-state index contributed by atoms with van der Waals surface area (Å²) in [5.41, 5.74) is 2.83. The topological polar surface area (TPSA) is 55.8 Å². The summed E-state index contributed by atoms with van der Waals surface area (Å²) in [6, 6.07) is 11.2. The molecule has 0 aromatic heterocycles. The maximum Gasteiger partial charge on any atom is 0.341 e. The molecule has 0 spiro atoms. The minimum atomic E-state index is -1.29. The van der Waals surface area contributed by atoms with Crippen molar-refractivity contribution in [2.75, 3.05) is 0 Å². The lowest BCUT2D eigenvalue weighted by Crippen LogP contribution is -2.19. The van der Waals surface area contributed by atoms with Crippen LogP contribution in [-0.2, 0) is 4.74 Å². The van der Waals surface area contributed by atoms with E-state index in [1.54, 1.807) is 12.1 Å². The number of ether oxygens (including phenoxy) is 2. The predicted octanol–water partition coefficient (Wildman–Crippen LogP) is 5.30. The molecule has 0 fully saturated rings. The van der Waals surface area contributed by atoms with Crippen LogP contribution in [0.15, 0.2) is 45.3 Å². The molecule has 118 valence electrons. The Morgan fingerprint density at radius 3 is 2.62 bits per heavy atom. The fourth-order valence-electron chi connectivity index (χ4n) is 3.39. The molecule has 0 radical (unpaired) electrons. The van der Waals surface area contributed by atoms with Crippen molar-refractivity contribution in [1.82, 2.24) is 0 Å². The van der Waals surface area contributed by atoms with Gasteiger partial charge in [-0.2, -0.15) is 0 Å². The molecule has 3 aromatic carbocycles. The zero-order chi connectivity index (χ0) is 16.6. The average molecular weight is 448 g/mol. The zero-order valence-electron chi connectivity index (χ0n) is 12.0. The fourth-order valence-corrected chi connectivity index (χ4v) is 4.56. The van der Waals surface area contributed by atoms with Crippen molar-refractivity contribution in [2.45, 2.75) is 6.29 Å². The molecular formula is C18H8Br2O4. The van der Waals surface area contributed by atoms with E-state index in [4.69, 9.17) is 9.47 Å². The fraction of sp³-hybridized carbons (Fsp3) is 0.0556. The number of cyclic esters (lactones) is 1. The Morgan fingerprint density at radius 1 is 1.00 bits per heavy atom. The highest BCUT2D eigenvalue weighted by atomic mass is 79.9. The summed E-state index contributed by atoms with van der Waals surface area (Å²) in [4.78, 5) is 12.2. The molecule has 0 amide bonds. The number of para-hydroxylation sites is 1. The first-order valence-corrected chi connectivity index (χ1v) is 8.80. The van der Waals surface area contributed by atoms with Crippen molar-refractivity contribution in [1.29, 1.82) is 0 Å². The average Bonchev–Trinajstić information content (AvgIpc) is 2.57. The van der Waals surface area contributed by atoms with Crippen LogP contribution in [0.3, 0.4) is 0 Å². The van der Waals surface area contributed by atoms with Gasteiger partial charge in [-0.15, -0.1) is 0 Å². The highest BCUT2D eigenvalue weighted by molar-refractivity contribution is 9.11. The van der Waals surface area contributed by atoms with Crippen LogP contribution < -0.4 is 4.74 Å². The summed E-state index contributed by atoms with van der Waals surface area (Å²) in [6.07, 6.45) is -1.29. The molecule has 0 saturated heterocycles. The van der Waals surface area contributed by atoms with Gasteiger partial charge in [-0.25, -0.2) is 4.79 Å². The van der Waals surface area contributed by atoms with Gasteiger partial charge in [-0.05, 0) is 34.1 Å². The lowest BCUT2D eigenvalue weighted by atomic mass is 9.88. The second-order valence-corrected chi connectivity index (χ2v) is 7.37. The third kappa shape index (κ3) is 1.73. The highest BCUT2D eigenvalue weighted by Gasteiger charge is 2.34. The standard InChI is InChI=1S/C18H8Br2O4/c19-10-5-8-13-9(18(22)24-17(8)21)6-11(20)16-15(13)14(10)7-3-1-2-4-12(7)23-16/h1-6,18,22H. The second kappa shape index (κ2) is 4.81. The van der Waals surface area contributed by atoms with Crippen LogP contribution >= 0.6 is 31.9 Å². The third-order valence-electron chi connectivity index (χ3n) is 4.37. The number of aliphatic hydroxyl groups is 1.